The number of benzene rings is 2. The molecule has 0 amide bonds. The van der Waals surface area contributed by atoms with Gasteiger partial charge in [0.1, 0.15) is 23.9 Å². The zero-order chi connectivity index (χ0) is 17.6. The first-order valence-electron chi connectivity index (χ1n) is 8.33. The summed E-state index contributed by atoms with van der Waals surface area (Å²) >= 11 is 0. The number of rotatable bonds is 4. The average molecular weight is 336 g/mol. The van der Waals surface area contributed by atoms with Gasteiger partial charge in [0, 0.05) is 0 Å². The van der Waals surface area contributed by atoms with Crippen LogP contribution >= 0.6 is 0 Å². The van der Waals surface area contributed by atoms with Crippen molar-refractivity contribution in [2.45, 2.75) is 32.5 Å². The molecule has 25 heavy (non-hydrogen) atoms. The fraction of sp³-hybridized carbons (Fsp3) is 0.263. The van der Waals surface area contributed by atoms with Gasteiger partial charge in [-0.2, -0.15) is 0 Å². The summed E-state index contributed by atoms with van der Waals surface area (Å²) in [7, 11) is 0. The number of hydrogen-bond acceptors (Lipinski definition) is 4. The molecule has 0 unspecified atom stereocenters. The van der Waals surface area contributed by atoms with E-state index in [-0.39, 0.29) is 0 Å². The normalized spacial score (nSPS) is 14.2. The molecule has 0 fully saturated rings. The molecule has 2 atom stereocenters. The van der Waals surface area contributed by atoms with Crippen LogP contribution in [0.3, 0.4) is 0 Å². The van der Waals surface area contributed by atoms with Gasteiger partial charge in [0.15, 0.2) is 0 Å². The van der Waals surface area contributed by atoms with Crippen molar-refractivity contribution in [2.24, 2.45) is 0 Å². The van der Waals surface area contributed by atoms with E-state index < -0.39 is 12.2 Å². The van der Waals surface area contributed by atoms with E-state index in [1.165, 1.54) is 0 Å². The molecule has 0 bridgehead atoms. The summed E-state index contributed by atoms with van der Waals surface area (Å²) in [6, 6.07) is 12.2. The molecule has 0 radical (unpaired) electrons. The van der Waals surface area contributed by atoms with E-state index in [0.717, 1.165) is 39.6 Å². The molecule has 0 aliphatic rings. The number of H-pyrrole nitrogens is 2. The maximum absolute atomic E-state index is 9.65. The molecule has 128 valence electrons. The van der Waals surface area contributed by atoms with Crippen LogP contribution in [0.25, 0.3) is 22.1 Å². The Morgan fingerprint density at radius 1 is 0.800 bits per heavy atom. The minimum absolute atomic E-state index is 0.580. The molecule has 0 aliphatic carbocycles. The van der Waals surface area contributed by atoms with Crippen molar-refractivity contribution in [2.75, 3.05) is 0 Å². The number of nitrogens with zero attached hydrogens (tertiary/aromatic N) is 2. The summed E-state index contributed by atoms with van der Waals surface area (Å²) < 4.78 is 0. The van der Waals surface area contributed by atoms with Crippen LogP contribution in [-0.4, -0.2) is 30.1 Å². The van der Waals surface area contributed by atoms with Gasteiger partial charge in [-0.25, -0.2) is 9.97 Å². The molecule has 4 aromatic rings. The zero-order valence-corrected chi connectivity index (χ0v) is 14.1. The molecule has 2 aromatic heterocycles. The topological polar surface area (TPSA) is 97.8 Å². The summed E-state index contributed by atoms with van der Waals surface area (Å²) in [6.07, 6.45) is -0.443. The highest BCUT2D eigenvalue weighted by atomic mass is 16.3. The Kier molecular flexibility index (Phi) is 3.78. The fourth-order valence-corrected chi connectivity index (χ4v) is 3.00. The van der Waals surface area contributed by atoms with Crippen molar-refractivity contribution in [3.05, 3.63) is 59.2 Å². The summed E-state index contributed by atoms with van der Waals surface area (Å²) in [5.41, 5.74) is 5.86. The lowest BCUT2D eigenvalue weighted by Crippen LogP contribution is -1.92. The molecule has 0 saturated carbocycles. The average Bonchev–Trinajstić information content (AvgIpc) is 3.17. The SMILES string of the molecule is C[C@H](O)c1nc2ccc(Cc3ccc4nc([C@H](C)O)[nH]c4c3)cc2[nH]1. The van der Waals surface area contributed by atoms with Gasteiger partial charge in [0.25, 0.3) is 0 Å². The Balaban J connectivity index is 1.64. The van der Waals surface area contributed by atoms with Gasteiger partial charge in [0.05, 0.1) is 22.1 Å². The third-order valence-electron chi connectivity index (χ3n) is 4.33. The maximum atomic E-state index is 9.65. The molecule has 0 aliphatic heterocycles. The number of fused-ring (bicyclic) bond motifs is 2. The van der Waals surface area contributed by atoms with Crippen LogP contribution < -0.4 is 0 Å². The molecule has 0 saturated heterocycles. The van der Waals surface area contributed by atoms with E-state index in [0.29, 0.717) is 11.6 Å². The maximum Gasteiger partial charge on any atom is 0.135 e. The van der Waals surface area contributed by atoms with Gasteiger partial charge in [0.2, 0.25) is 0 Å². The van der Waals surface area contributed by atoms with Crippen LogP contribution in [0.1, 0.15) is 48.8 Å². The lowest BCUT2D eigenvalue weighted by Gasteiger charge is -2.02. The second-order valence-corrected chi connectivity index (χ2v) is 6.48. The lowest BCUT2D eigenvalue weighted by molar-refractivity contribution is 0.190. The number of aromatic nitrogens is 4. The van der Waals surface area contributed by atoms with Gasteiger partial charge in [-0.1, -0.05) is 12.1 Å². The van der Waals surface area contributed by atoms with Crippen LogP contribution in [0.2, 0.25) is 0 Å². The smallest absolute Gasteiger partial charge is 0.135 e. The number of aliphatic hydroxyl groups is 2. The number of imidazole rings is 2. The first-order chi connectivity index (χ1) is 12.0. The van der Waals surface area contributed by atoms with Gasteiger partial charge >= 0.3 is 0 Å². The number of hydrogen-bond donors (Lipinski definition) is 4. The summed E-state index contributed by atoms with van der Waals surface area (Å²) in [5.74, 6) is 1.16. The summed E-state index contributed by atoms with van der Waals surface area (Å²) in [5, 5.41) is 19.3. The van der Waals surface area contributed by atoms with Gasteiger partial charge in [-0.15, -0.1) is 0 Å². The molecule has 0 spiro atoms. The third-order valence-corrected chi connectivity index (χ3v) is 4.33. The van der Waals surface area contributed by atoms with E-state index >= 15 is 0 Å². The number of aromatic amines is 2. The predicted molar refractivity (Wildman–Crippen MR) is 96.3 cm³/mol. The Bertz CT molecular complexity index is 962. The molecule has 4 N–H and O–H groups in total. The standard InChI is InChI=1S/C19H20N4O2/c1-10(24)18-20-14-5-3-12(8-16(14)22-18)7-13-4-6-15-17(9-13)23-19(21-15)11(2)25/h3-6,8-11,24-25H,7H2,1-2H3,(H,20,22)(H,21,23)/t10-,11-/m0/s1. The Morgan fingerprint density at radius 2 is 1.24 bits per heavy atom. The van der Waals surface area contributed by atoms with Crippen LogP contribution in [0.15, 0.2) is 36.4 Å². The van der Waals surface area contributed by atoms with Crippen molar-refractivity contribution in [3.8, 4) is 0 Å². The van der Waals surface area contributed by atoms with Crippen LogP contribution in [-0.2, 0) is 6.42 Å². The minimum Gasteiger partial charge on any atom is -0.385 e. The highest BCUT2D eigenvalue weighted by Crippen LogP contribution is 2.22. The first-order valence-corrected chi connectivity index (χ1v) is 8.33. The number of aliphatic hydroxyl groups excluding tert-OH is 2. The Hall–Kier alpha value is -2.70. The largest absolute Gasteiger partial charge is 0.385 e. The minimum atomic E-state index is -0.609. The van der Waals surface area contributed by atoms with Gasteiger partial charge < -0.3 is 20.2 Å². The van der Waals surface area contributed by atoms with Gasteiger partial charge in [-0.05, 0) is 55.7 Å². The van der Waals surface area contributed by atoms with E-state index in [9.17, 15) is 10.2 Å². The zero-order valence-electron chi connectivity index (χ0n) is 14.1. The van der Waals surface area contributed by atoms with E-state index in [2.05, 4.69) is 32.1 Å². The van der Waals surface area contributed by atoms with Crippen molar-refractivity contribution in [1.82, 2.24) is 19.9 Å². The predicted octanol–water partition coefficient (Wildman–Crippen LogP) is 3.14. The Morgan fingerprint density at radius 3 is 1.64 bits per heavy atom. The highest BCUT2D eigenvalue weighted by Gasteiger charge is 2.10. The molecule has 2 aromatic carbocycles. The lowest BCUT2D eigenvalue weighted by atomic mass is 10.0. The van der Waals surface area contributed by atoms with E-state index in [1.807, 2.05) is 24.3 Å². The molecule has 6 heteroatoms. The van der Waals surface area contributed by atoms with Crippen molar-refractivity contribution >= 4 is 22.1 Å². The van der Waals surface area contributed by atoms with Crippen molar-refractivity contribution < 1.29 is 10.2 Å². The van der Waals surface area contributed by atoms with Crippen LogP contribution in [0, 0.1) is 0 Å². The summed E-state index contributed by atoms with van der Waals surface area (Å²) in [4.78, 5) is 15.1. The van der Waals surface area contributed by atoms with Gasteiger partial charge in [-0.3, -0.25) is 0 Å². The highest BCUT2D eigenvalue weighted by molar-refractivity contribution is 5.77. The molecule has 4 rings (SSSR count). The monoisotopic (exact) mass is 336 g/mol. The molecular formula is C19H20N4O2. The second kappa shape index (κ2) is 5.98. The fourth-order valence-electron chi connectivity index (χ4n) is 3.00. The van der Waals surface area contributed by atoms with Crippen LogP contribution in [0.4, 0.5) is 0 Å². The van der Waals surface area contributed by atoms with Crippen molar-refractivity contribution in [1.29, 1.82) is 0 Å². The number of nitrogens with one attached hydrogen (secondary N) is 2. The van der Waals surface area contributed by atoms with Crippen molar-refractivity contribution in [3.63, 3.8) is 0 Å². The quantitative estimate of drug-likeness (QED) is 0.460. The van der Waals surface area contributed by atoms with Crippen LogP contribution in [0.5, 0.6) is 0 Å². The second-order valence-electron chi connectivity index (χ2n) is 6.48. The Labute approximate surface area is 144 Å². The first kappa shape index (κ1) is 15.8. The van der Waals surface area contributed by atoms with E-state index in [1.54, 1.807) is 13.8 Å². The third kappa shape index (κ3) is 3.01. The van der Waals surface area contributed by atoms with E-state index in [4.69, 9.17) is 0 Å². The molecule has 2 heterocycles. The molecular weight excluding hydrogens is 316 g/mol. The summed E-state index contributed by atoms with van der Waals surface area (Å²) in [6.45, 7) is 3.39. The molecule has 6 nitrogen and oxygen atoms in total.